The van der Waals surface area contributed by atoms with E-state index in [0.29, 0.717) is 13.2 Å². The molecular weight excluding hydrogens is 249 g/mol. The molecule has 0 saturated heterocycles. The fraction of sp³-hybridized carbons (Fsp3) is 0.385. The Hall–Kier alpha value is -0.930. The van der Waals surface area contributed by atoms with Crippen molar-refractivity contribution >= 4 is 13.7 Å². The summed E-state index contributed by atoms with van der Waals surface area (Å²) in [7, 11) is -3.26. The fourth-order valence-corrected chi connectivity index (χ4v) is 2.88. The van der Waals surface area contributed by atoms with Crippen LogP contribution in [0.4, 0.5) is 0 Å². The highest BCUT2D eigenvalue weighted by molar-refractivity contribution is 7.54. The van der Waals surface area contributed by atoms with E-state index in [4.69, 9.17) is 14.8 Å². The molecule has 0 aliphatic carbocycles. The van der Waals surface area contributed by atoms with Crippen LogP contribution in [0.15, 0.2) is 36.4 Å². The second-order valence-corrected chi connectivity index (χ2v) is 5.83. The molecule has 0 spiro atoms. The zero-order valence-corrected chi connectivity index (χ0v) is 11.7. The first-order chi connectivity index (χ1) is 8.62. The Balaban J connectivity index is 2.76. The van der Waals surface area contributed by atoms with E-state index < -0.39 is 13.4 Å². The number of hydrogen-bond acceptors (Lipinski definition) is 4. The molecule has 1 atom stereocenters. The molecule has 0 aliphatic rings. The maximum absolute atomic E-state index is 12.3. The van der Waals surface area contributed by atoms with Crippen molar-refractivity contribution in [2.75, 3.05) is 13.2 Å². The van der Waals surface area contributed by atoms with Crippen molar-refractivity contribution in [1.29, 1.82) is 0 Å². The van der Waals surface area contributed by atoms with E-state index in [1.807, 2.05) is 36.4 Å². The Labute approximate surface area is 108 Å². The number of benzene rings is 1. The molecule has 1 aromatic rings. The molecule has 0 bridgehead atoms. The molecule has 0 fully saturated rings. The van der Waals surface area contributed by atoms with Crippen LogP contribution in [0.2, 0.25) is 0 Å². The zero-order chi connectivity index (χ0) is 13.4. The smallest absolute Gasteiger partial charge is 0.314 e. The monoisotopic (exact) mass is 269 g/mol. The topological polar surface area (TPSA) is 61.5 Å². The third kappa shape index (κ3) is 4.39. The Morgan fingerprint density at radius 2 is 1.78 bits per heavy atom. The third-order valence-electron chi connectivity index (χ3n) is 2.27. The van der Waals surface area contributed by atoms with Gasteiger partial charge in [-0.1, -0.05) is 42.5 Å². The van der Waals surface area contributed by atoms with Crippen molar-refractivity contribution < 1.29 is 13.6 Å². The van der Waals surface area contributed by atoms with Crippen molar-refractivity contribution in [3.05, 3.63) is 42.0 Å². The van der Waals surface area contributed by atoms with Gasteiger partial charge in [-0.05, 0) is 19.4 Å². The molecular formula is C13H20NO3P. The summed E-state index contributed by atoms with van der Waals surface area (Å²) in [5.41, 5.74) is 6.87. The molecule has 0 radical (unpaired) electrons. The quantitative estimate of drug-likeness (QED) is 0.772. The van der Waals surface area contributed by atoms with E-state index in [1.165, 1.54) is 0 Å². The first kappa shape index (κ1) is 15.1. The van der Waals surface area contributed by atoms with E-state index in [2.05, 4.69) is 0 Å². The SMILES string of the molecule is CCOP(=O)(OCC)C(N)/C=C/c1ccccc1. The summed E-state index contributed by atoms with van der Waals surface area (Å²) >= 11 is 0. The van der Waals surface area contributed by atoms with E-state index in [1.54, 1.807) is 19.9 Å². The van der Waals surface area contributed by atoms with Gasteiger partial charge in [0.25, 0.3) is 0 Å². The molecule has 18 heavy (non-hydrogen) atoms. The normalized spacial score (nSPS) is 13.9. The predicted octanol–water partition coefficient (Wildman–Crippen LogP) is 3.25. The molecule has 0 aromatic heterocycles. The van der Waals surface area contributed by atoms with Crippen molar-refractivity contribution in [3.63, 3.8) is 0 Å². The van der Waals surface area contributed by atoms with Gasteiger partial charge in [0.15, 0.2) is 0 Å². The highest BCUT2D eigenvalue weighted by atomic mass is 31.2. The van der Waals surface area contributed by atoms with E-state index in [0.717, 1.165) is 5.56 Å². The predicted molar refractivity (Wildman–Crippen MR) is 74.3 cm³/mol. The summed E-state index contributed by atoms with van der Waals surface area (Å²) < 4.78 is 22.7. The van der Waals surface area contributed by atoms with Gasteiger partial charge in [-0.2, -0.15) is 0 Å². The summed E-state index contributed by atoms with van der Waals surface area (Å²) in [6.45, 7) is 4.15. The van der Waals surface area contributed by atoms with Gasteiger partial charge in [0.05, 0.1) is 13.2 Å². The maximum atomic E-state index is 12.3. The number of rotatable bonds is 7. The molecule has 0 heterocycles. The lowest BCUT2D eigenvalue weighted by atomic mass is 10.2. The van der Waals surface area contributed by atoms with Crippen LogP contribution in [0.1, 0.15) is 19.4 Å². The second-order valence-electron chi connectivity index (χ2n) is 3.64. The second kappa shape index (κ2) is 7.49. The standard InChI is InChI=1S/C13H20NO3P/c1-3-16-18(15,17-4-2)13(14)11-10-12-8-6-5-7-9-12/h5-11,13H,3-4,14H2,1-2H3/b11-10+. The van der Waals surface area contributed by atoms with Crippen LogP contribution in [-0.4, -0.2) is 19.0 Å². The minimum atomic E-state index is -3.26. The Morgan fingerprint density at radius 3 is 2.28 bits per heavy atom. The summed E-state index contributed by atoms with van der Waals surface area (Å²) in [5.74, 6) is -0.752. The van der Waals surface area contributed by atoms with E-state index >= 15 is 0 Å². The van der Waals surface area contributed by atoms with Gasteiger partial charge in [-0.25, -0.2) is 0 Å². The van der Waals surface area contributed by atoms with Crippen LogP contribution in [0.3, 0.4) is 0 Å². The molecule has 0 amide bonds. The molecule has 1 aromatic carbocycles. The first-order valence-corrected chi connectivity index (χ1v) is 7.61. The lowest BCUT2D eigenvalue weighted by Crippen LogP contribution is -2.20. The zero-order valence-electron chi connectivity index (χ0n) is 10.8. The molecule has 0 aliphatic heterocycles. The van der Waals surface area contributed by atoms with Gasteiger partial charge in [0.1, 0.15) is 5.78 Å². The van der Waals surface area contributed by atoms with Crippen LogP contribution in [0.5, 0.6) is 0 Å². The van der Waals surface area contributed by atoms with Crippen LogP contribution in [0, 0.1) is 0 Å². The minimum Gasteiger partial charge on any atom is -0.314 e. The molecule has 2 N–H and O–H groups in total. The Bertz CT molecular complexity index is 410. The van der Waals surface area contributed by atoms with Crippen LogP contribution in [0.25, 0.3) is 6.08 Å². The van der Waals surface area contributed by atoms with Crippen molar-refractivity contribution in [2.45, 2.75) is 19.6 Å². The average molecular weight is 269 g/mol. The highest BCUT2D eigenvalue weighted by Gasteiger charge is 2.30. The lowest BCUT2D eigenvalue weighted by Gasteiger charge is -2.20. The van der Waals surface area contributed by atoms with Gasteiger partial charge in [0, 0.05) is 0 Å². The molecule has 5 heteroatoms. The molecule has 1 rings (SSSR count). The van der Waals surface area contributed by atoms with Crippen molar-refractivity contribution in [2.24, 2.45) is 5.73 Å². The summed E-state index contributed by atoms with van der Waals surface area (Å²) in [4.78, 5) is 0. The van der Waals surface area contributed by atoms with Gasteiger partial charge in [-0.3, -0.25) is 4.57 Å². The fourth-order valence-electron chi connectivity index (χ4n) is 1.45. The molecule has 4 nitrogen and oxygen atoms in total. The van der Waals surface area contributed by atoms with Gasteiger partial charge in [-0.15, -0.1) is 0 Å². The third-order valence-corrected chi connectivity index (χ3v) is 4.41. The van der Waals surface area contributed by atoms with E-state index in [-0.39, 0.29) is 0 Å². The number of nitrogens with two attached hydrogens (primary N) is 1. The lowest BCUT2D eigenvalue weighted by molar-refractivity contribution is 0.216. The van der Waals surface area contributed by atoms with Crippen LogP contribution < -0.4 is 5.73 Å². The van der Waals surface area contributed by atoms with Gasteiger partial charge < -0.3 is 14.8 Å². The largest absolute Gasteiger partial charge is 0.351 e. The Morgan fingerprint density at radius 1 is 1.22 bits per heavy atom. The minimum absolute atomic E-state index is 0.310. The van der Waals surface area contributed by atoms with Gasteiger partial charge >= 0.3 is 7.60 Å². The molecule has 1 unspecified atom stereocenters. The number of hydrogen-bond donors (Lipinski definition) is 1. The Kier molecular flexibility index (Phi) is 6.30. The average Bonchev–Trinajstić information content (AvgIpc) is 2.37. The molecule has 100 valence electrons. The van der Waals surface area contributed by atoms with Crippen LogP contribution in [-0.2, 0) is 13.6 Å². The molecule has 0 saturated carbocycles. The summed E-state index contributed by atoms with van der Waals surface area (Å²) in [6.07, 6.45) is 3.47. The first-order valence-electron chi connectivity index (χ1n) is 6.00. The van der Waals surface area contributed by atoms with E-state index in [9.17, 15) is 4.57 Å². The van der Waals surface area contributed by atoms with Crippen LogP contribution >= 0.6 is 7.60 Å². The maximum Gasteiger partial charge on any atom is 0.351 e. The summed E-state index contributed by atoms with van der Waals surface area (Å²) in [5, 5.41) is 0. The highest BCUT2D eigenvalue weighted by Crippen LogP contribution is 2.51. The summed E-state index contributed by atoms with van der Waals surface area (Å²) in [6, 6.07) is 9.67. The van der Waals surface area contributed by atoms with Crippen molar-refractivity contribution in [3.8, 4) is 0 Å². The van der Waals surface area contributed by atoms with Crippen molar-refractivity contribution in [1.82, 2.24) is 0 Å². The van der Waals surface area contributed by atoms with Gasteiger partial charge in [0.2, 0.25) is 0 Å².